The summed E-state index contributed by atoms with van der Waals surface area (Å²) in [5.41, 5.74) is 2.85. The third kappa shape index (κ3) is 3.98. The van der Waals surface area contributed by atoms with E-state index in [1.165, 1.54) is 76.2 Å². The van der Waals surface area contributed by atoms with E-state index in [2.05, 4.69) is 41.3 Å². The molecule has 0 radical (unpaired) electrons. The van der Waals surface area contributed by atoms with Crippen LogP contribution in [0, 0.1) is 11.8 Å². The van der Waals surface area contributed by atoms with Crippen LogP contribution in [0.1, 0.15) is 83.1 Å². The molecule has 0 amide bonds. The lowest BCUT2D eigenvalue weighted by molar-refractivity contribution is 0.142. The Kier molecular flexibility index (Phi) is 6.25. The molecule has 2 fully saturated rings. The second kappa shape index (κ2) is 8.41. The van der Waals surface area contributed by atoms with Crippen molar-refractivity contribution in [2.45, 2.75) is 83.0 Å². The standard InChI is InChI=1S/C22H31NS/c1-2-14-22(20-8-10-21(11-9-20)23-17-24)15-12-19(13-16-22)18-6-4-3-5-7-18/h8-11,18-19H,2-7,12-16H2,1H3/t19-,22+. The lowest BCUT2D eigenvalue weighted by Crippen LogP contribution is -2.34. The quantitative estimate of drug-likeness (QED) is 0.406. The predicted octanol–water partition coefficient (Wildman–Crippen LogP) is 7.23. The average molecular weight is 342 g/mol. The molecule has 0 aliphatic heterocycles. The number of rotatable bonds is 5. The van der Waals surface area contributed by atoms with Gasteiger partial charge in [0, 0.05) is 0 Å². The van der Waals surface area contributed by atoms with Crippen molar-refractivity contribution in [2.75, 3.05) is 0 Å². The Hall–Kier alpha value is -0.980. The van der Waals surface area contributed by atoms with Crippen LogP contribution < -0.4 is 0 Å². The zero-order valence-electron chi connectivity index (χ0n) is 15.1. The minimum Gasteiger partial charge on any atom is -0.195 e. The van der Waals surface area contributed by atoms with Gasteiger partial charge in [-0.15, -0.1) is 0 Å². The summed E-state index contributed by atoms with van der Waals surface area (Å²) < 4.78 is 0. The van der Waals surface area contributed by atoms with Crippen LogP contribution in [0.5, 0.6) is 0 Å². The van der Waals surface area contributed by atoms with Gasteiger partial charge < -0.3 is 0 Å². The summed E-state index contributed by atoms with van der Waals surface area (Å²) in [4.78, 5) is 4.10. The van der Waals surface area contributed by atoms with Gasteiger partial charge in [-0.1, -0.05) is 57.6 Å². The van der Waals surface area contributed by atoms with Crippen LogP contribution in [0.2, 0.25) is 0 Å². The largest absolute Gasteiger partial charge is 0.195 e. The highest BCUT2D eigenvalue weighted by atomic mass is 32.1. The van der Waals surface area contributed by atoms with E-state index in [0.29, 0.717) is 5.41 Å². The van der Waals surface area contributed by atoms with E-state index in [0.717, 1.165) is 17.5 Å². The first-order chi connectivity index (χ1) is 11.8. The van der Waals surface area contributed by atoms with E-state index >= 15 is 0 Å². The van der Waals surface area contributed by atoms with Gasteiger partial charge in [-0.25, -0.2) is 0 Å². The van der Waals surface area contributed by atoms with E-state index in [-0.39, 0.29) is 0 Å². The molecule has 1 aromatic rings. The van der Waals surface area contributed by atoms with Gasteiger partial charge >= 0.3 is 0 Å². The van der Waals surface area contributed by atoms with Gasteiger partial charge in [-0.05, 0) is 79.3 Å². The van der Waals surface area contributed by atoms with Crippen molar-refractivity contribution in [1.29, 1.82) is 0 Å². The Morgan fingerprint density at radius 1 is 1.00 bits per heavy atom. The molecule has 0 bridgehead atoms. The fourth-order valence-corrected chi connectivity index (χ4v) is 5.48. The summed E-state index contributed by atoms with van der Waals surface area (Å²) in [5.74, 6) is 2.02. The maximum atomic E-state index is 4.71. The molecule has 1 nitrogen and oxygen atoms in total. The van der Waals surface area contributed by atoms with Crippen molar-refractivity contribution >= 4 is 23.1 Å². The second-order valence-corrected chi connectivity index (χ2v) is 8.20. The van der Waals surface area contributed by atoms with Crippen molar-refractivity contribution in [3.63, 3.8) is 0 Å². The highest BCUT2D eigenvalue weighted by Crippen LogP contribution is 2.48. The lowest BCUT2D eigenvalue weighted by Gasteiger charge is -2.44. The molecule has 2 saturated carbocycles. The molecule has 0 spiro atoms. The molecule has 0 N–H and O–H groups in total. The molecule has 0 aromatic heterocycles. The number of hydrogen-bond donors (Lipinski definition) is 0. The Labute approximate surface area is 153 Å². The van der Waals surface area contributed by atoms with Crippen molar-refractivity contribution in [1.82, 2.24) is 0 Å². The van der Waals surface area contributed by atoms with Gasteiger partial charge in [0.25, 0.3) is 0 Å². The molecule has 0 atom stereocenters. The first-order valence-corrected chi connectivity index (χ1v) is 10.4. The fraction of sp³-hybridized carbons (Fsp3) is 0.682. The molecule has 3 rings (SSSR count). The summed E-state index contributed by atoms with van der Waals surface area (Å²) in [6, 6.07) is 8.81. The Morgan fingerprint density at radius 2 is 1.62 bits per heavy atom. The van der Waals surface area contributed by atoms with Crippen molar-refractivity contribution < 1.29 is 0 Å². The molecule has 2 aliphatic rings. The zero-order chi connectivity index (χ0) is 16.8. The van der Waals surface area contributed by atoms with Crippen molar-refractivity contribution in [3.8, 4) is 0 Å². The maximum absolute atomic E-state index is 4.71. The first kappa shape index (κ1) is 17.8. The normalized spacial score (nSPS) is 28.3. The summed E-state index contributed by atoms with van der Waals surface area (Å²) in [6.07, 6.45) is 15.6. The second-order valence-electron chi connectivity index (χ2n) is 8.02. The molecule has 2 aliphatic carbocycles. The van der Waals surface area contributed by atoms with Gasteiger partial charge in [-0.3, -0.25) is 0 Å². The summed E-state index contributed by atoms with van der Waals surface area (Å²) in [6.45, 7) is 2.33. The molecule has 0 heterocycles. The fourth-order valence-electron chi connectivity index (χ4n) is 5.37. The number of hydrogen-bond acceptors (Lipinski definition) is 2. The van der Waals surface area contributed by atoms with Gasteiger partial charge in [0.05, 0.1) is 10.8 Å². The average Bonchev–Trinajstić information content (AvgIpc) is 2.64. The smallest absolute Gasteiger partial charge is 0.0739 e. The highest BCUT2D eigenvalue weighted by molar-refractivity contribution is 7.78. The van der Waals surface area contributed by atoms with Gasteiger partial charge in [0.2, 0.25) is 0 Å². The lowest BCUT2D eigenvalue weighted by atomic mass is 9.61. The number of isothiocyanates is 1. The minimum absolute atomic E-state index is 0.403. The van der Waals surface area contributed by atoms with Crippen LogP contribution in [0.4, 0.5) is 5.69 Å². The monoisotopic (exact) mass is 341 g/mol. The Morgan fingerprint density at radius 3 is 2.21 bits per heavy atom. The molecular weight excluding hydrogens is 310 g/mol. The predicted molar refractivity (Wildman–Crippen MR) is 106 cm³/mol. The molecule has 130 valence electrons. The van der Waals surface area contributed by atoms with E-state index < -0.39 is 0 Å². The van der Waals surface area contributed by atoms with Crippen LogP contribution >= 0.6 is 12.2 Å². The van der Waals surface area contributed by atoms with E-state index in [9.17, 15) is 0 Å². The Balaban J connectivity index is 1.71. The number of thiocarbonyl (C=S) groups is 1. The van der Waals surface area contributed by atoms with Crippen LogP contribution in [-0.2, 0) is 5.41 Å². The molecule has 24 heavy (non-hydrogen) atoms. The molecular formula is C22H31NS. The number of aliphatic imine (C=N–C) groups is 1. The number of nitrogens with zero attached hydrogens (tertiary/aromatic N) is 1. The maximum Gasteiger partial charge on any atom is 0.0739 e. The van der Waals surface area contributed by atoms with Crippen molar-refractivity contribution in [3.05, 3.63) is 29.8 Å². The van der Waals surface area contributed by atoms with Crippen LogP contribution in [0.15, 0.2) is 29.3 Å². The molecule has 1 aromatic carbocycles. The van der Waals surface area contributed by atoms with Gasteiger partial charge in [0.15, 0.2) is 0 Å². The Bertz CT molecular complexity index is 556. The van der Waals surface area contributed by atoms with Crippen LogP contribution in [-0.4, -0.2) is 5.16 Å². The van der Waals surface area contributed by atoms with E-state index in [1.54, 1.807) is 0 Å². The SMILES string of the molecule is CCC[C@]1(c2ccc(N=C=S)cc2)CC[C@@H](C2CCCCC2)CC1. The minimum atomic E-state index is 0.403. The summed E-state index contributed by atoms with van der Waals surface area (Å²) in [7, 11) is 0. The van der Waals surface area contributed by atoms with E-state index in [4.69, 9.17) is 12.2 Å². The number of benzene rings is 1. The van der Waals surface area contributed by atoms with Crippen LogP contribution in [0.3, 0.4) is 0 Å². The zero-order valence-corrected chi connectivity index (χ0v) is 15.9. The highest BCUT2D eigenvalue weighted by Gasteiger charge is 2.38. The van der Waals surface area contributed by atoms with Gasteiger partial charge in [-0.2, -0.15) is 4.99 Å². The summed E-state index contributed by atoms with van der Waals surface area (Å²) in [5, 5.41) is 2.47. The first-order valence-electron chi connectivity index (χ1n) is 9.96. The third-order valence-corrected chi connectivity index (χ3v) is 6.78. The third-order valence-electron chi connectivity index (χ3n) is 6.69. The van der Waals surface area contributed by atoms with Gasteiger partial charge in [0.1, 0.15) is 0 Å². The van der Waals surface area contributed by atoms with Crippen LogP contribution in [0.25, 0.3) is 0 Å². The molecule has 2 heteroatoms. The molecule has 0 saturated heterocycles. The summed E-state index contributed by atoms with van der Waals surface area (Å²) >= 11 is 4.71. The van der Waals surface area contributed by atoms with Crippen molar-refractivity contribution in [2.24, 2.45) is 16.8 Å². The molecule has 0 unspecified atom stereocenters. The topological polar surface area (TPSA) is 12.4 Å². The van der Waals surface area contributed by atoms with E-state index in [1.807, 2.05) is 0 Å².